The average Bonchev–Trinajstić information content (AvgIpc) is 3.24. The third kappa shape index (κ3) is 3.75. The quantitative estimate of drug-likeness (QED) is 0.807. The van der Waals surface area contributed by atoms with E-state index in [1.165, 1.54) is 24.8 Å². The van der Waals surface area contributed by atoms with Crippen molar-refractivity contribution in [2.45, 2.75) is 43.8 Å². The molecule has 138 valence electrons. The molecule has 2 fully saturated rings. The third-order valence-electron chi connectivity index (χ3n) is 5.59. The van der Waals surface area contributed by atoms with E-state index in [0.29, 0.717) is 22.7 Å². The van der Waals surface area contributed by atoms with Crippen LogP contribution in [0.15, 0.2) is 54.6 Å². The average molecular weight is 391 g/mol. The van der Waals surface area contributed by atoms with Crippen LogP contribution in [-0.2, 0) is 0 Å². The first-order valence-corrected chi connectivity index (χ1v) is 9.48. The molecule has 0 saturated carbocycles. The van der Waals surface area contributed by atoms with Crippen LogP contribution in [0.25, 0.3) is 0 Å². The molecule has 0 spiro atoms. The first-order valence-electron chi connectivity index (χ1n) is 9.10. The normalized spacial score (nSPS) is 23.1. The molecular formula is C21H24Cl2N2O. The van der Waals surface area contributed by atoms with Crippen LogP contribution in [0.5, 0.6) is 0 Å². The van der Waals surface area contributed by atoms with E-state index < -0.39 is 0 Å². The zero-order valence-electron chi connectivity index (χ0n) is 14.6. The second-order valence-corrected chi connectivity index (χ2v) is 7.43. The minimum atomic E-state index is -0.0953. The lowest BCUT2D eigenvalue weighted by molar-refractivity contribution is 0.0904. The van der Waals surface area contributed by atoms with Crippen molar-refractivity contribution in [2.75, 3.05) is 6.54 Å². The van der Waals surface area contributed by atoms with Crippen LogP contribution in [-0.4, -0.2) is 29.4 Å². The second kappa shape index (κ2) is 8.43. The highest BCUT2D eigenvalue weighted by atomic mass is 35.5. The summed E-state index contributed by atoms with van der Waals surface area (Å²) in [7, 11) is 0. The molecule has 5 heteroatoms. The summed E-state index contributed by atoms with van der Waals surface area (Å²) < 4.78 is 0. The van der Waals surface area contributed by atoms with E-state index >= 15 is 0 Å². The van der Waals surface area contributed by atoms with E-state index in [2.05, 4.69) is 22.3 Å². The van der Waals surface area contributed by atoms with Gasteiger partial charge in [-0.2, -0.15) is 0 Å². The Morgan fingerprint density at radius 1 is 1.04 bits per heavy atom. The molecule has 1 amide bonds. The lowest BCUT2D eigenvalue weighted by Crippen LogP contribution is -2.43. The molecule has 2 heterocycles. The van der Waals surface area contributed by atoms with Gasteiger partial charge in [0, 0.05) is 12.1 Å². The number of rotatable bonds is 4. The highest BCUT2D eigenvalue weighted by molar-refractivity contribution is 6.33. The molecule has 0 radical (unpaired) electrons. The smallest absolute Gasteiger partial charge is 0.253 e. The van der Waals surface area contributed by atoms with Crippen molar-refractivity contribution in [1.82, 2.24) is 10.2 Å². The number of nitrogens with one attached hydrogen (secondary N) is 1. The van der Waals surface area contributed by atoms with E-state index in [9.17, 15) is 4.79 Å². The maximum atomic E-state index is 12.9. The van der Waals surface area contributed by atoms with Crippen LogP contribution in [0.1, 0.15) is 47.6 Å². The summed E-state index contributed by atoms with van der Waals surface area (Å²) in [5, 5.41) is 3.78. The Labute approximate surface area is 166 Å². The van der Waals surface area contributed by atoms with Crippen LogP contribution in [0, 0.1) is 0 Å². The standard InChI is InChI=1S/C21H23ClN2O.ClH/c22-18-11-5-4-10-17(18)21(25)23-20(15-7-2-1-3-8-15)19-13-12-16-9-6-14-24(16)19;/h1-5,7-8,10-11,16,19-20H,6,9,12-14H2,(H,23,25);1H. The number of hydrogen-bond donors (Lipinski definition) is 1. The summed E-state index contributed by atoms with van der Waals surface area (Å²) in [5.74, 6) is -0.0953. The topological polar surface area (TPSA) is 32.3 Å². The van der Waals surface area contributed by atoms with Crippen molar-refractivity contribution < 1.29 is 4.79 Å². The van der Waals surface area contributed by atoms with Gasteiger partial charge in [-0.15, -0.1) is 12.4 Å². The number of carbonyl (C=O) groups is 1. The first-order chi connectivity index (χ1) is 12.2. The van der Waals surface area contributed by atoms with E-state index in [-0.39, 0.29) is 24.4 Å². The summed E-state index contributed by atoms with van der Waals surface area (Å²) >= 11 is 6.23. The van der Waals surface area contributed by atoms with Gasteiger partial charge in [-0.1, -0.05) is 54.1 Å². The maximum Gasteiger partial charge on any atom is 0.253 e. The van der Waals surface area contributed by atoms with E-state index in [4.69, 9.17) is 11.6 Å². The Hall–Kier alpha value is -1.55. The number of amides is 1. The van der Waals surface area contributed by atoms with Crippen LogP contribution >= 0.6 is 24.0 Å². The highest BCUT2D eigenvalue weighted by Crippen LogP contribution is 2.38. The zero-order chi connectivity index (χ0) is 17.2. The molecule has 0 bridgehead atoms. The molecule has 2 aliphatic rings. The Balaban J connectivity index is 0.00000196. The van der Waals surface area contributed by atoms with Gasteiger partial charge in [0.15, 0.2) is 0 Å². The molecule has 2 aromatic rings. The summed E-state index contributed by atoms with van der Waals surface area (Å²) in [4.78, 5) is 15.5. The van der Waals surface area contributed by atoms with Crippen LogP contribution in [0.4, 0.5) is 0 Å². The van der Waals surface area contributed by atoms with E-state index in [0.717, 1.165) is 13.0 Å². The molecule has 3 unspecified atom stereocenters. The van der Waals surface area contributed by atoms with Crippen molar-refractivity contribution in [3.63, 3.8) is 0 Å². The summed E-state index contributed by atoms with van der Waals surface area (Å²) in [6.45, 7) is 1.14. The number of carbonyl (C=O) groups excluding carboxylic acids is 1. The molecule has 3 atom stereocenters. The predicted molar refractivity (Wildman–Crippen MR) is 108 cm³/mol. The monoisotopic (exact) mass is 390 g/mol. The van der Waals surface area contributed by atoms with Gasteiger partial charge in [0.05, 0.1) is 16.6 Å². The fraction of sp³-hybridized carbons (Fsp3) is 0.381. The van der Waals surface area contributed by atoms with Gasteiger partial charge < -0.3 is 5.32 Å². The summed E-state index contributed by atoms with van der Waals surface area (Å²) in [5.41, 5.74) is 1.71. The SMILES string of the molecule is Cl.O=C(NC(c1ccccc1)C1CCC2CCCN21)c1ccccc1Cl. The fourth-order valence-electron chi connectivity index (χ4n) is 4.42. The number of halogens is 2. The van der Waals surface area contributed by atoms with Crippen molar-refractivity contribution in [3.8, 4) is 0 Å². The predicted octanol–water partition coefficient (Wildman–Crippen LogP) is 4.86. The van der Waals surface area contributed by atoms with Gasteiger partial charge in [0.25, 0.3) is 5.91 Å². The molecule has 0 aromatic heterocycles. The number of benzene rings is 2. The summed E-state index contributed by atoms with van der Waals surface area (Å²) in [6, 6.07) is 18.6. The molecule has 1 N–H and O–H groups in total. The molecule has 4 rings (SSSR count). The minimum absolute atomic E-state index is 0. The van der Waals surface area contributed by atoms with E-state index in [1.807, 2.05) is 30.3 Å². The van der Waals surface area contributed by atoms with Gasteiger partial charge in [-0.05, 0) is 49.9 Å². The Bertz CT molecular complexity index is 753. The van der Waals surface area contributed by atoms with Gasteiger partial charge in [0.2, 0.25) is 0 Å². The van der Waals surface area contributed by atoms with Crippen molar-refractivity contribution in [3.05, 3.63) is 70.7 Å². The number of fused-ring (bicyclic) bond motifs is 1. The van der Waals surface area contributed by atoms with Crippen molar-refractivity contribution in [1.29, 1.82) is 0 Å². The molecule has 26 heavy (non-hydrogen) atoms. The van der Waals surface area contributed by atoms with Crippen LogP contribution in [0.3, 0.4) is 0 Å². The lowest BCUT2D eigenvalue weighted by Gasteiger charge is -2.32. The zero-order valence-corrected chi connectivity index (χ0v) is 16.2. The molecule has 0 aliphatic carbocycles. The molecular weight excluding hydrogens is 367 g/mol. The Morgan fingerprint density at radius 2 is 1.77 bits per heavy atom. The minimum Gasteiger partial charge on any atom is -0.344 e. The van der Waals surface area contributed by atoms with Gasteiger partial charge in [-0.25, -0.2) is 0 Å². The molecule has 2 aromatic carbocycles. The van der Waals surface area contributed by atoms with Gasteiger partial charge in [0.1, 0.15) is 0 Å². The highest BCUT2D eigenvalue weighted by Gasteiger charge is 2.41. The molecule has 2 aliphatic heterocycles. The lowest BCUT2D eigenvalue weighted by atomic mass is 9.96. The van der Waals surface area contributed by atoms with Crippen molar-refractivity contribution >= 4 is 29.9 Å². The number of hydrogen-bond acceptors (Lipinski definition) is 2. The molecule has 2 saturated heterocycles. The van der Waals surface area contributed by atoms with E-state index in [1.54, 1.807) is 12.1 Å². The first kappa shape index (κ1) is 19.2. The maximum absolute atomic E-state index is 12.9. The Morgan fingerprint density at radius 3 is 2.54 bits per heavy atom. The largest absolute Gasteiger partial charge is 0.344 e. The third-order valence-corrected chi connectivity index (χ3v) is 5.92. The fourth-order valence-corrected chi connectivity index (χ4v) is 4.64. The van der Waals surface area contributed by atoms with Crippen molar-refractivity contribution in [2.24, 2.45) is 0 Å². The van der Waals surface area contributed by atoms with Gasteiger partial charge >= 0.3 is 0 Å². The number of nitrogens with zero attached hydrogens (tertiary/aromatic N) is 1. The Kier molecular flexibility index (Phi) is 6.23. The molecule has 3 nitrogen and oxygen atoms in total. The second-order valence-electron chi connectivity index (χ2n) is 7.02. The van der Waals surface area contributed by atoms with Crippen LogP contribution in [0.2, 0.25) is 5.02 Å². The summed E-state index contributed by atoms with van der Waals surface area (Å²) in [6.07, 6.45) is 4.92. The van der Waals surface area contributed by atoms with Gasteiger partial charge in [-0.3, -0.25) is 9.69 Å². The van der Waals surface area contributed by atoms with Crippen LogP contribution < -0.4 is 5.32 Å².